The van der Waals surface area contributed by atoms with Crippen LogP contribution in [-0.2, 0) is 9.84 Å². The molecule has 148 valence electrons. The van der Waals surface area contributed by atoms with E-state index in [1.54, 1.807) is 50.4 Å². The summed E-state index contributed by atoms with van der Waals surface area (Å²) in [4.78, 5) is 4.44. The molecule has 0 atom stereocenters. The van der Waals surface area contributed by atoms with Gasteiger partial charge in [0.1, 0.15) is 11.5 Å². The highest BCUT2D eigenvalue weighted by Crippen LogP contribution is 2.41. The molecule has 0 aliphatic carbocycles. The molecule has 1 N–H and O–H groups in total. The molecule has 4 rings (SSSR count). The number of ether oxygens (including phenoxy) is 1. The second-order valence-corrected chi connectivity index (χ2v) is 8.95. The molecule has 7 heteroatoms. The van der Waals surface area contributed by atoms with Crippen molar-refractivity contribution >= 4 is 9.84 Å². The molecule has 0 radical (unpaired) electrons. The zero-order valence-corrected chi connectivity index (χ0v) is 16.8. The minimum Gasteiger partial charge on any atom is -0.457 e. The molecule has 0 amide bonds. The smallest absolute Gasteiger partial charge is 0.178 e. The van der Waals surface area contributed by atoms with E-state index in [1.807, 2.05) is 30.3 Å². The van der Waals surface area contributed by atoms with E-state index in [2.05, 4.69) is 4.98 Å². The first-order chi connectivity index (χ1) is 13.9. The minimum atomic E-state index is -3.40. The molecule has 2 aromatic carbocycles. The molecule has 0 aromatic heterocycles. The van der Waals surface area contributed by atoms with Crippen molar-refractivity contribution in [2.75, 3.05) is 5.75 Å². The first kappa shape index (κ1) is 19.0. The molecule has 2 heterocycles. The van der Waals surface area contributed by atoms with Gasteiger partial charge >= 0.3 is 0 Å². The lowest BCUT2D eigenvalue weighted by molar-refractivity contribution is 0.180. The Labute approximate surface area is 169 Å². The lowest BCUT2D eigenvalue weighted by Crippen LogP contribution is -2.06. The van der Waals surface area contributed by atoms with Gasteiger partial charge in [-0.15, -0.1) is 0 Å². The van der Waals surface area contributed by atoms with E-state index in [0.717, 1.165) is 10.3 Å². The number of rotatable bonds is 5. The maximum absolute atomic E-state index is 12.5. The van der Waals surface area contributed by atoms with Crippen LogP contribution >= 0.6 is 0 Å². The van der Waals surface area contributed by atoms with Crippen molar-refractivity contribution in [2.45, 2.75) is 18.7 Å². The van der Waals surface area contributed by atoms with Crippen LogP contribution < -0.4 is 4.74 Å². The molecule has 0 unspecified atom stereocenters. The number of aryl methyl sites for hydroxylation is 1. The Morgan fingerprint density at radius 3 is 2.48 bits per heavy atom. The van der Waals surface area contributed by atoms with Crippen LogP contribution in [0.4, 0.5) is 0 Å². The van der Waals surface area contributed by atoms with Crippen LogP contribution in [0.1, 0.15) is 12.6 Å². The molecule has 2 aliphatic rings. The van der Waals surface area contributed by atoms with Gasteiger partial charge in [-0.2, -0.15) is 4.73 Å². The number of hydrogen-bond donors (Lipinski definition) is 1. The minimum absolute atomic E-state index is 0.00310. The van der Waals surface area contributed by atoms with Gasteiger partial charge in [0.05, 0.1) is 16.3 Å². The molecule has 0 saturated heterocycles. The van der Waals surface area contributed by atoms with E-state index in [0.29, 0.717) is 34.1 Å². The number of aromatic nitrogens is 2. The summed E-state index contributed by atoms with van der Waals surface area (Å²) in [5.74, 6) is 1.56. The fourth-order valence-electron chi connectivity index (χ4n) is 3.23. The lowest BCUT2D eigenvalue weighted by Gasteiger charge is -2.18. The van der Waals surface area contributed by atoms with Crippen LogP contribution in [0.25, 0.3) is 22.5 Å². The Hall–Kier alpha value is -3.32. The summed E-state index contributed by atoms with van der Waals surface area (Å²) in [5, 5.41) is 10.3. The third-order valence-electron chi connectivity index (χ3n) is 4.81. The van der Waals surface area contributed by atoms with E-state index < -0.39 is 9.84 Å². The molecule has 0 saturated carbocycles. The molecule has 29 heavy (non-hydrogen) atoms. The third kappa shape index (κ3) is 3.45. The maximum atomic E-state index is 12.5. The predicted octanol–water partition coefficient (Wildman–Crippen LogP) is 4.79. The van der Waals surface area contributed by atoms with E-state index >= 15 is 0 Å². The van der Waals surface area contributed by atoms with Crippen molar-refractivity contribution in [2.24, 2.45) is 0 Å². The summed E-state index contributed by atoms with van der Waals surface area (Å²) in [6.07, 6.45) is 1.60. The first-order valence-electron chi connectivity index (χ1n) is 9.17. The van der Waals surface area contributed by atoms with Crippen LogP contribution in [0.2, 0.25) is 0 Å². The van der Waals surface area contributed by atoms with Crippen molar-refractivity contribution < 1.29 is 18.4 Å². The Balaban J connectivity index is 1.96. The highest BCUT2D eigenvalue weighted by molar-refractivity contribution is 7.91. The number of benzene rings is 2. The molecule has 0 spiro atoms. The summed E-state index contributed by atoms with van der Waals surface area (Å²) < 4.78 is 32.1. The van der Waals surface area contributed by atoms with Gasteiger partial charge in [-0.25, -0.2) is 13.4 Å². The Kier molecular flexibility index (Phi) is 4.76. The molecular formula is C22H20N2O4S. The summed E-state index contributed by atoms with van der Waals surface area (Å²) in [5.41, 5.74) is 2.62. The van der Waals surface area contributed by atoms with Gasteiger partial charge in [0, 0.05) is 17.3 Å². The number of nitrogens with zero attached hydrogens (tertiary/aromatic N) is 2. The van der Waals surface area contributed by atoms with Crippen molar-refractivity contribution in [1.29, 1.82) is 0 Å². The SMILES string of the molecule is CCS(=O)(=O)c1ccc(Oc2ccccc2)c(-c2cc(C)n(O)c3nccc2-3)c1. The van der Waals surface area contributed by atoms with Crippen LogP contribution in [0.15, 0.2) is 71.8 Å². The van der Waals surface area contributed by atoms with E-state index in [1.165, 1.54) is 0 Å². The summed E-state index contributed by atoms with van der Waals surface area (Å²) in [7, 11) is -3.40. The van der Waals surface area contributed by atoms with Gasteiger partial charge in [0.2, 0.25) is 0 Å². The zero-order valence-electron chi connectivity index (χ0n) is 16.0. The zero-order chi connectivity index (χ0) is 20.6. The highest BCUT2D eigenvalue weighted by atomic mass is 32.2. The number of para-hydroxylation sites is 1. The van der Waals surface area contributed by atoms with Crippen molar-refractivity contribution in [3.05, 3.63) is 72.6 Å². The molecule has 2 aromatic rings. The van der Waals surface area contributed by atoms with Gasteiger partial charge in [-0.1, -0.05) is 25.1 Å². The highest BCUT2D eigenvalue weighted by Gasteiger charge is 2.22. The van der Waals surface area contributed by atoms with Gasteiger partial charge in [-0.3, -0.25) is 0 Å². The van der Waals surface area contributed by atoms with Crippen molar-refractivity contribution in [3.8, 4) is 34.0 Å². The number of fused-ring (bicyclic) bond motifs is 1. The van der Waals surface area contributed by atoms with Crippen LogP contribution in [0.3, 0.4) is 0 Å². The molecule has 6 nitrogen and oxygen atoms in total. The van der Waals surface area contributed by atoms with Gasteiger partial charge in [0.25, 0.3) is 0 Å². The summed E-state index contributed by atoms with van der Waals surface area (Å²) in [6.45, 7) is 3.37. The lowest BCUT2D eigenvalue weighted by atomic mass is 9.98. The second-order valence-electron chi connectivity index (χ2n) is 6.67. The maximum Gasteiger partial charge on any atom is 0.178 e. The fraction of sp³-hybridized carbons (Fsp3) is 0.136. The standard InChI is InChI=1S/C22H20N2O4S/c1-3-29(26,27)17-9-10-21(28-16-7-5-4-6-8-16)20(14-17)19-13-15(2)24(25)22-18(19)11-12-23-22/h4-14,25H,3H2,1-2H3. The summed E-state index contributed by atoms with van der Waals surface area (Å²) in [6, 6.07) is 17.7. The number of hydrogen-bond acceptors (Lipinski definition) is 5. The average molecular weight is 408 g/mol. The van der Waals surface area contributed by atoms with Crippen LogP contribution in [0.5, 0.6) is 11.5 Å². The normalized spacial score (nSPS) is 11.7. The monoisotopic (exact) mass is 408 g/mol. The topological polar surface area (TPSA) is 81.4 Å². The number of pyridine rings is 1. The first-order valence-corrected chi connectivity index (χ1v) is 10.8. The van der Waals surface area contributed by atoms with E-state index in [4.69, 9.17) is 4.74 Å². The van der Waals surface area contributed by atoms with Crippen LogP contribution in [0, 0.1) is 6.92 Å². The third-order valence-corrected chi connectivity index (χ3v) is 6.54. The molecule has 2 aliphatic heterocycles. The summed E-state index contributed by atoms with van der Waals surface area (Å²) >= 11 is 0. The van der Waals surface area contributed by atoms with Gasteiger partial charge in [0.15, 0.2) is 15.7 Å². The van der Waals surface area contributed by atoms with E-state index in [-0.39, 0.29) is 10.6 Å². The largest absolute Gasteiger partial charge is 0.457 e. The van der Waals surface area contributed by atoms with Gasteiger partial charge < -0.3 is 9.94 Å². The Morgan fingerprint density at radius 1 is 1.00 bits per heavy atom. The van der Waals surface area contributed by atoms with E-state index in [9.17, 15) is 13.6 Å². The quantitative estimate of drug-likeness (QED) is 0.480. The molecular weight excluding hydrogens is 388 g/mol. The molecule has 0 bridgehead atoms. The average Bonchev–Trinajstić information content (AvgIpc) is 3.22. The predicted molar refractivity (Wildman–Crippen MR) is 110 cm³/mol. The number of sulfone groups is 1. The van der Waals surface area contributed by atoms with Gasteiger partial charge in [-0.05, 0) is 55.0 Å². The Bertz CT molecular complexity index is 1250. The molecule has 0 fully saturated rings. The Morgan fingerprint density at radius 2 is 1.76 bits per heavy atom. The van der Waals surface area contributed by atoms with Crippen LogP contribution in [-0.4, -0.2) is 29.1 Å². The van der Waals surface area contributed by atoms with Crippen molar-refractivity contribution in [1.82, 2.24) is 9.71 Å². The van der Waals surface area contributed by atoms with Crippen molar-refractivity contribution in [3.63, 3.8) is 0 Å². The second kappa shape index (κ2) is 7.25. The fourth-order valence-corrected chi connectivity index (χ4v) is 4.13.